The summed E-state index contributed by atoms with van der Waals surface area (Å²) in [6.45, 7) is 6.30. The van der Waals surface area contributed by atoms with E-state index in [-0.39, 0.29) is 37.5 Å². The van der Waals surface area contributed by atoms with Crippen LogP contribution in [0.3, 0.4) is 0 Å². The number of carbonyl (C=O) groups is 3. The molecule has 0 rings (SSSR count). The van der Waals surface area contributed by atoms with E-state index in [4.69, 9.17) is 14.2 Å². The highest BCUT2D eigenvalue weighted by atomic mass is 16.6. The molecule has 0 saturated heterocycles. The number of carbonyl (C=O) groups excluding carboxylic acids is 3. The normalized spacial score (nSPS) is 13.0. The zero-order valence-electron chi connectivity index (χ0n) is 40.5. The Morgan fingerprint density at radius 3 is 1.00 bits per heavy atom. The van der Waals surface area contributed by atoms with Crippen molar-refractivity contribution in [2.45, 2.75) is 219 Å². The van der Waals surface area contributed by atoms with Gasteiger partial charge in [0.15, 0.2) is 6.10 Å². The summed E-state index contributed by atoms with van der Waals surface area (Å²) in [6.07, 6.45) is 67.9. The fourth-order valence-electron chi connectivity index (χ4n) is 6.46. The predicted octanol–water partition coefficient (Wildman–Crippen LogP) is 16.8. The topological polar surface area (TPSA) is 78.9 Å². The summed E-state index contributed by atoms with van der Waals surface area (Å²) in [5.41, 5.74) is 0. The van der Waals surface area contributed by atoms with Gasteiger partial charge in [-0.05, 0) is 116 Å². The molecule has 0 aromatic carbocycles. The van der Waals surface area contributed by atoms with Crippen LogP contribution in [0.25, 0.3) is 0 Å². The number of hydrogen-bond donors (Lipinski definition) is 0. The summed E-state index contributed by atoms with van der Waals surface area (Å²) in [7, 11) is 0. The average Bonchev–Trinajstić information content (AvgIpc) is 3.28. The molecule has 1 atom stereocenters. The van der Waals surface area contributed by atoms with Crippen molar-refractivity contribution >= 4 is 17.9 Å². The molecule has 0 amide bonds. The van der Waals surface area contributed by atoms with Crippen molar-refractivity contribution in [3.8, 4) is 0 Å². The Morgan fingerprint density at radius 1 is 0.333 bits per heavy atom. The van der Waals surface area contributed by atoms with Crippen LogP contribution in [0.5, 0.6) is 0 Å². The summed E-state index contributed by atoms with van der Waals surface area (Å²) in [5, 5.41) is 0. The van der Waals surface area contributed by atoms with Crippen LogP contribution >= 0.6 is 0 Å². The molecule has 0 bridgehead atoms. The van der Waals surface area contributed by atoms with Crippen molar-refractivity contribution in [2.75, 3.05) is 13.2 Å². The van der Waals surface area contributed by atoms with E-state index < -0.39 is 6.10 Å². The molecule has 0 spiro atoms. The lowest BCUT2D eigenvalue weighted by atomic mass is 10.1. The van der Waals surface area contributed by atoms with E-state index in [0.717, 1.165) is 148 Å². The fourth-order valence-corrected chi connectivity index (χ4v) is 6.46. The van der Waals surface area contributed by atoms with Crippen LogP contribution in [0.15, 0.2) is 109 Å². The van der Waals surface area contributed by atoms with Gasteiger partial charge in [-0.25, -0.2) is 0 Å². The molecule has 0 fully saturated rings. The van der Waals surface area contributed by atoms with Crippen LogP contribution in [0.2, 0.25) is 0 Å². The monoisotopic (exact) mass is 873 g/mol. The third-order valence-corrected chi connectivity index (χ3v) is 10.2. The van der Waals surface area contributed by atoms with Gasteiger partial charge in [0, 0.05) is 19.3 Å². The van der Waals surface area contributed by atoms with Crippen LogP contribution in [-0.2, 0) is 28.6 Å². The first-order valence-corrected chi connectivity index (χ1v) is 25.4. The first-order valence-electron chi connectivity index (χ1n) is 25.4. The third kappa shape index (κ3) is 49.0. The van der Waals surface area contributed by atoms with E-state index in [9.17, 15) is 14.4 Å². The summed E-state index contributed by atoms with van der Waals surface area (Å²) in [6, 6.07) is 0. The maximum absolute atomic E-state index is 12.8. The average molecular weight is 873 g/mol. The van der Waals surface area contributed by atoms with Gasteiger partial charge in [0.1, 0.15) is 13.2 Å². The van der Waals surface area contributed by atoms with Crippen LogP contribution < -0.4 is 0 Å². The Balaban J connectivity index is 4.43. The van der Waals surface area contributed by atoms with Crippen molar-refractivity contribution in [1.82, 2.24) is 0 Å². The van der Waals surface area contributed by atoms with Crippen molar-refractivity contribution in [1.29, 1.82) is 0 Å². The smallest absolute Gasteiger partial charge is 0.306 e. The molecule has 6 heteroatoms. The molecule has 0 aliphatic rings. The molecule has 0 radical (unpaired) electrons. The number of unbranched alkanes of at least 4 members (excludes halogenated alkanes) is 15. The zero-order chi connectivity index (χ0) is 45.8. The predicted molar refractivity (Wildman–Crippen MR) is 270 cm³/mol. The first-order chi connectivity index (χ1) is 31.0. The number of allylic oxidation sites excluding steroid dienone is 18. The maximum Gasteiger partial charge on any atom is 0.306 e. The maximum atomic E-state index is 12.8. The van der Waals surface area contributed by atoms with Gasteiger partial charge in [-0.2, -0.15) is 0 Å². The fraction of sp³-hybridized carbons (Fsp3) is 0.632. The molecule has 63 heavy (non-hydrogen) atoms. The van der Waals surface area contributed by atoms with Gasteiger partial charge >= 0.3 is 17.9 Å². The lowest BCUT2D eigenvalue weighted by Gasteiger charge is -2.18. The van der Waals surface area contributed by atoms with Crippen molar-refractivity contribution < 1.29 is 28.6 Å². The van der Waals surface area contributed by atoms with E-state index >= 15 is 0 Å². The van der Waals surface area contributed by atoms with Crippen molar-refractivity contribution in [2.24, 2.45) is 0 Å². The largest absolute Gasteiger partial charge is 0.462 e. The van der Waals surface area contributed by atoms with E-state index in [1.807, 2.05) is 0 Å². The molecule has 0 aliphatic heterocycles. The minimum atomic E-state index is -0.805. The second-order valence-electron chi connectivity index (χ2n) is 16.3. The van der Waals surface area contributed by atoms with Crippen LogP contribution in [0, 0.1) is 0 Å². The standard InChI is InChI=1S/C57H92O6/c1-4-7-10-13-16-19-22-24-25-26-27-28-29-30-31-33-35-38-41-44-47-50-56(59)62-53-54(52-61-55(58)49-46-43-40-37-34-21-18-15-12-9-6-3)63-57(60)51-48-45-42-39-36-32-23-20-17-14-11-8-5-2/h7-8,10-11,15-20,24-25,27-28,30-32,36,54H,4-6,9,12-14,21-23,26,29,33-35,37-53H2,1-3H3/b10-7-,11-8-,18-15-,19-16-,20-17-,25-24-,28-27-,31-30-,36-32-. The van der Waals surface area contributed by atoms with Gasteiger partial charge in [0.25, 0.3) is 0 Å². The zero-order valence-corrected chi connectivity index (χ0v) is 40.5. The Hall–Kier alpha value is -3.93. The second kappa shape index (κ2) is 50.7. The molecule has 0 aliphatic carbocycles. The summed E-state index contributed by atoms with van der Waals surface area (Å²) in [4.78, 5) is 37.9. The highest BCUT2D eigenvalue weighted by Crippen LogP contribution is 2.12. The van der Waals surface area contributed by atoms with E-state index in [0.29, 0.717) is 12.8 Å². The van der Waals surface area contributed by atoms with E-state index in [1.54, 1.807) is 0 Å². The second-order valence-corrected chi connectivity index (χ2v) is 16.3. The SMILES string of the molecule is CC/C=C\C/C=C\C/C=C\C/C=C\C/C=C\CCCCCCCC(=O)OCC(COC(=O)CCCCCCC/C=C\CCCC)OC(=O)CCCCC/C=C\C/C=C\C/C=C\CC. The van der Waals surface area contributed by atoms with Gasteiger partial charge < -0.3 is 14.2 Å². The molecular formula is C57H92O6. The summed E-state index contributed by atoms with van der Waals surface area (Å²) >= 11 is 0. The van der Waals surface area contributed by atoms with Gasteiger partial charge in [0.05, 0.1) is 0 Å². The quantitative estimate of drug-likeness (QED) is 0.0263. The summed E-state index contributed by atoms with van der Waals surface area (Å²) < 4.78 is 16.7. The van der Waals surface area contributed by atoms with Crippen molar-refractivity contribution in [3.63, 3.8) is 0 Å². The van der Waals surface area contributed by atoms with E-state index in [1.165, 1.54) is 25.7 Å². The Morgan fingerprint density at radius 2 is 0.619 bits per heavy atom. The van der Waals surface area contributed by atoms with Crippen LogP contribution in [0.1, 0.15) is 213 Å². The molecular weight excluding hydrogens is 781 g/mol. The lowest BCUT2D eigenvalue weighted by Crippen LogP contribution is -2.30. The number of rotatable bonds is 44. The van der Waals surface area contributed by atoms with Gasteiger partial charge in [-0.15, -0.1) is 0 Å². The van der Waals surface area contributed by atoms with Crippen molar-refractivity contribution in [3.05, 3.63) is 109 Å². The molecule has 0 aromatic rings. The summed E-state index contributed by atoms with van der Waals surface area (Å²) in [5.74, 6) is -0.969. The molecule has 0 N–H and O–H groups in total. The number of hydrogen-bond acceptors (Lipinski definition) is 6. The Labute approximate surface area is 387 Å². The molecule has 356 valence electrons. The molecule has 6 nitrogen and oxygen atoms in total. The molecule has 0 heterocycles. The molecule has 1 unspecified atom stereocenters. The Kier molecular flexibility index (Phi) is 47.5. The number of ether oxygens (including phenoxy) is 3. The highest BCUT2D eigenvalue weighted by molar-refractivity contribution is 5.71. The minimum Gasteiger partial charge on any atom is -0.462 e. The molecule has 0 aromatic heterocycles. The minimum absolute atomic E-state index is 0.103. The highest BCUT2D eigenvalue weighted by Gasteiger charge is 2.19. The van der Waals surface area contributed by atoms with Gasteiger partial charge in [0.2, 0.25) is 0 Å². The first kappa shape index (κ1) is 59.1. The van der Waals surface area contributed by atoms with Gasteiger partial charge in [-0.3, -0.25) is 14.4 Å². The van der Waals surface area contributed by atoms with E-state index in [2.05, 4.69) is 130 Å². The van der Waals surface area contributed by atoms with Crippen LogP contribution in [-0.4, -0.2) is 37.2 Å². The number of esters is 3. The van der Waals surface area contributed by atoms with Gasteiger partial charge in [-0.1, -0.05) is 188 Å². The third-order valence-electron chi connectivity index (χ3n) is 10.2. The molecule has 0 saturated carbocycles. The Bertz CT molecular complexity index is 1330. The lowest BCUT2D eigenvalue weighted by molar-refractivity contribution is -0.167. The van der Waals surface area contributed by atoms with Crippen LogP contribution in [0.4, 0.5) is 0 Å².